The quantitative estimate of drug-likeness (QED) is 0.515. The van der Waals surface area contributed by atoms with Gasteiger partial charge in [0.25, 0.3) is 0 Å². The molecular formula is C7H3IO2. The van der Waals surface area contributed by atoms with Gasteiger partial charge in [-0.15, -0.1) is 0 Å². The molecule has 0 unspecified atom stereocenters. The van der Waals surface area contributed by atoms with E-state index in [1.807, 2.05) is 12.1 Å². The molecule has 50 valence electrons. The standard InChI is InChI=1S/C7H3IO2/c8-5-3-1-2-4-6(5)10-7(4)9/h1-3H. The van der Waals surface area contributed by atoms with Crippen LogP contribution in [-0.4, -0.2) is 5.97 Å². The molecule has 0 aromatic heterocycles. The highest BCUT2D eigenvalue weighted by Gasteiger charge is 2.27. The molecule has 0 fully saturated rings. The van der Waals surface area contributed by atoms with E-state index in [1.54, 1.807) is 6.07 Å². The van der Waals surface area contributed by atoms with Crippen molar-refractivity contribution in [3.63, 3.8) is 0 Å². The molecule has 0 N–H and O–H groups in total. The summed E-state index contributed by atoms with van der Waals surface area (Å²) >= 11 is 2.13. The zero-order chi connectivity index (χ0) is 7.14. The summed E-state index contributed by atoms with van der Waals surface area (Å²) in [7, 11) is 0. The number of rotatable bonds is 0. The van der Waals surface area contributed by atoms with Gasteiger partial charge in [-0.05, 0) is 34.7 Å². The Balaban J connectivity index is 2.66. The fraction of sp³-hybridized carbons (Fsp3) is 0. The fourth-order valence-corrected chi connectivity index (χ4v) is 1.48. The predicted octanol–water partition coefficient (Wildman–Crippen LogP) is 1.82. The predicted molar refractivity (Wildman–Crippen MR) is 44.1 cm³/mol. The summed E-state index contributed by atoms with van der Waals surface area (Å²) in [6.45, 7) is 0. The third-order valence-corrected chi connectivity index (χ3v) is 2.23. The zero-order valence-corrected chi connectivity index (χ0v) is 7.08. The van der Waals surface area contributed by atoms with Gasteiger partial charge in [0, 0.05) is 0 Å². The highest BCUT2D eigenvalue weighted by molar-refractivity contribution is 14.1. The van der Waals surface area contributed by atoms with Gasteiger partial charge in [0.05, 0.1) is 3.57 Å². The Morgan fingerprint density at radius 3 is 2.80 bits per heavy atom. The normalized spacial score (nSPS) is 13.5. The third kappa shape index (κ3) is 0.667. The average molecular weight is 246 g/mol. The van der Waals surface area contributed by atoms with Crippen molar-refractivity contribution in [1.29, 1.82) is 0 Å². The first kappa shape index (κ1) is 6.15. The van der Waals surface area contributed by atoms with Crippen LogP contribution in [0.5, 0.6) is 5.75 Å². The number of benzene rings is 1. The highest BCUT2D eigenvalue weighted by atomic mass is 127. The smallest absolute Gasteiger partial charge is 0.347 e. The number of fused-ring (bicyclic) bond motifs is 1. The first-order valence-corrected chi connectivity index (χ1v) is 3.87. The van der Waals surface area contributed by atoms with E-state index in [2.05, 4.69) is 22.6 Å². The summed E-state index contributed by atoms with van der Waals surface area (Å²) in [6.07, 6.45) is 0. The summed E-state index contributed by atoms with van der Waals surface area (Å²) in [4.78, 5) is 10.6. The van der Waals surface area contributed by atoms with Crippen molar-refractivity contribution in [2.24, 2.45) is 0 Å². The number of hydrogen-bond acceptors (Lipinski definition) is 2. The number of hydrogen-bond donors (Lipinski definition) is 0. The van der Waals surface area contributed by atoms with E-state index >= 15 is 0 Å². The Labute approximate surface area is 71.3 Å². The molecule has 0 saturated heterocycles. The molecule has 0 atom stereocenters. The van der Waals surface area contributed by atoms with Crippen LogP contribution in [0, 0.1) is 3.57 Å². The molecule has 0 aliphatic carbocycles. The van der Waals surface area contributed by atoms with Gasteiger partial charge in [0.1, 0.15) is 5.56 Å². The second-order valence-electron chi connectivity index (χ2n) is 2.01. The molecule has 0 bridgehead atoms. The first-order valence-electron chi connectivity index (χ1n) is 2.80. The topological polar surface area (TPSA) is 26.3 Å². The lowest BCUT2D eigenvalue weighted by Gasteiger charge is -2.17. The van der Waals surface area contributed by atoms with Crippen molar-refractivity contribution < 1.29 is 9.53 Å². The minimum absolute atomic E-state index is 0.214. The van der Waals surface area contributed by atoms with Gasteiger partial charge in [-0.25, -0.2) is 4.79 Å². The van der Waals surface area contributed by atoms with E-state index in [1.165, 1.54) is 0 Å². The maximum atomic E-state index is 10.6. The Bertz CT molecular complexity index is 306. The van der Waals surface area contributed by atoms with Crippen molar-refractivity contribution in [3.05, 3.63) is 27.3 Å². The molecule has 0 spiro atoms. The largest absolute Gasteiger partial charge is 0.421 e. The molecular weight excluding hydrogens is 243 g/mol. The number of carbonyl (C=O) groups is 1. The number of halogens is 1. The van der Waals surface area contributed by atoms with Crippen LogP contribution in [0.1, 0.15) is 10.4 Å². The highest BCUT2D eigenvalue weighted by Crippen LogP contribution is 2.33. The van der Waals surface area contributed by atoms with Gasteiger partial charge in [-0.1, -0.05) is 6.07 Å². The maximum Gasteiger partial charge on any atom is 0.347 e. The molecule has 0 radical (unpaired) electrons. The Kier molecular flexibility index (Phi) is 1.20. The fourth-order valence-electron chi connectivity index (χ4n) is 0.875. The van der Waals surface area contributed by atoms with E-state index in [0.29, 0.717) is 5.56 Å². The van der Waals surface area contributed by atoms with Gasteiger partial charge < -0.3 is 4.74 Å². The van der Waals surface area contributed by atoms with E-state index in [0.717, 1.165) is 9.32 Å². The Morgan fingerprint density at radius 1 is 1.40 bits per heavy atom. The molecule has 0 amide bonds. The summed E-state index contributed by atoms with van der Waals surface area (Å²) in [6, 6.07) is 5.52. The summed E-state index contributed by atoms with van der Waals surface area (Å²) in [5.74, 6) is 0.515. The molecule has 2 nitrogen and oxygen atoms in total. The van der Waals surface area contributed by atoms with E-state index < -0.39 is 0 Å². The van der Waals surface area contributed by atoms with Gasteiger partial charge in [-0.2, -0.15) is 0 Å². The van der Waals surface area contributed by atoms with E-state index in [9.17, 15) is 4.79 Å². The van der Waals surface area contributed by atoms with Crippen LogP contribution >= 0.6 is 22.6 Å². The van der Waals surface area contributed by atoms with Gasteiger partial charge in [-0.3, -0.25) is 0 Å². The average Bonchev–Trinajstić information content (AvgIpc) is 1.91. The van der Waals surface area contributed by atoms with Crippen molar-refractivity contribution in [2.45, 2.75) is 0 Å². The maximum absolute atomic E-state index is 10.6. The number of para-hydroxylation sites is 1. The Morgan fingerprint density at radius 2 is 2.20 bits per heavy atom. The first-order chi connectivity index (χ1) is 4.79. The molecule has 2 rings (SSSR count). The van der Waals surface area contributed by atoms with Crippen LogP contribution in [-0.2, 0) is 0 Å². The molecule has 3 heteroatoms. The van der Waals surface area contributed by atoms with Crippen LogP contribution in [0.15, 0.2) is 18.2 Å². The minimum atomic E-state index is -0.214. The van der Waals surface area contributed by atoms with Gasteiger partial charge in [0.2, 0.25) is 0 Å². The van der Waals surface area contributed by atoms with Crippen molar-refractivity contribution >= 4 is 28.6 Å². The zero-order valence-electron chi connectivity index (χ0n) is 4.93. The summed E-state index contributed by atoms with van der Waals surface area (Å²) in [5.41, 5.74) is 0.701. The number of esters is 1. The second kappa shape index (κ2) is 1.95. The van der Waals surface area contributed by atoms with Crippen LogP contribution in [0.25, 0.3) is 0 Å². The lowest BCUT2D eigenvalue weighted by Crippen LogP contribution is -2.21. The van der Waals surface area contributed by atoms with Crippen LogP contribution < -0.4 is 4.74 Å². The van der Waals surface area contributed by atoms with Gasteiger partial charge in [0.15, 0.2) is 5.75 Å². The lowest BCUT2D eigenvalue weighted by atomic mass is 10.1. The summed E-state index contributed by atoms with van der Waals surface area (Å²) < 4.78 is 5.76. The SMILES string of the molecule is O=C1Oc2c(I)cccc21. The molecule has 0 saturated carbocycles. The monoisotopic (exact) mass is 246 g/mol. The van der Waals surface area contributed by atoms with E-state index in [4.69, 9.17) is 4.74 Å². The van der Waals surface area contributed by atoms with Crippen LogP contribution in [0.4, 0.5) is 0 Å². The lowest BCUT2D eigenvalue weighted by molar-refractivity contribution is 0.0656. The van der Waals surface area contributed by atoms with Crippen molar-refractivity contribution in [3.8, 4) is 5.75 Å². The second-order valence-corrected chi connectivity index (χ2v) is 3.17. The molecule has 10 heavy (non-hydrogen) atoms. The molecule has 1 aliphatic rings. The molecule has 1 aromatic carbocycles. The minimum Gasteiger partial charge on any atom is -0.421 e. The van der Waals surface area contributed by atoms with Crippen LogP contribution in [0.3, 0.4) is 0 Å². The molecule has 1 aromatic rings. The number of carbonyl (C=O) groups excluding carboxylic acids is 1. The Hall–Kier alpha value is -0.580. The van der Waals surface area contributed by atoms with Crippen molar-refractivity contribution in [2.75, 3.05) is 0 Å². The summed E-state index contributed by atoms with van der Waals surface area (Å²) in [5, 5.41) is 0. The van der Waals surface area contributed by atoms with Crippen LogP contribution in [0.2, 0.25) is 0 Å². The number of ether oxygens (including phenoxy) is 1. The van der Waals surface area contributed by atoms with Gasteiger partial charge >= 0.3 is 5.97 Å². The third-order valence-electron chi connectivity index (χ3n) is 1.38. The molecule has 1 heterocycles. The molecule has 1 aliphatic heterocycles. The van der Waals surface area contributed by atoms with Crippen molar-refractivity contribution in [1.82, 2.24) is 0 Å². The van der Waals surface area contributed by atoms with E-state index in [-0.39, 0.29) is 5.97 Å².